The second-order valence-electron chi connectivity index (χ2n) is 3.87. The predicted octanol–water partition coefficient (Wildman–Crippen LogP) is 3.20. The maximum absolute atomic E-state index is 11.7. The largest absolute Gasteiger partial charge is 0.361 e. The van der Waals surface area contributed by atoms with Crippen LogP contribution in [0, 0.1) is 6.92 Å². The van der Waals surface area contributed by atoms with Crippen molar-refractivity contribution in [3.05, 3.63) is 72.2 Å². The second kappa shape index (κ2) is 5.77. The van der Waals surface area contributed by atoms with Crippen LogP contribution in [-0.4, -0.2) is 10.8 Å². The fourth-order valence-electron chi connectivity index (χ4n) is 1.54. The van der Waals surface area contributed by atoms with Gasteiger partial charge in [0, 0.05) is 24.2 Å². The molecule has 0 fully saturated rings. The Bertz CT molecular complexity index is 562. The first-order chi connectivity index (χ1) is 8.77. The highest BCUT2D eigenvalue weighted by Gasteiger charge is 2.00. The molecule has 90 valence electrons. The van der Waals surface area contributed by atoms with Gasteiger partial charge in [-0.15, -0.1) is 0 Å². The number of nitrogens with zero attached hydrogens (tertiary/aromatic N) is 1. The molecule has 0 aliphatic heterocycles. The van der Waals surface area contributed by atoms with Crippen molar-refractivity contribution < 1.29 is 4.79 Å². The molecular formula is C15H14N2O. The summed E-state index contributed by atoms with van der Waals surface area (Å²) < 4.78 is 0. The van der Waals surface area contributed by atoms with Crippen LogP contribution in [-0.2, 0) is 0 Å². The number of aryl methyl sites for hydroxylation is 1. The van der Waals surface area contributed by atoms with Crippen LogP contribution in [0.3, 0.4) is 0 Å². The molecular weight excluding hydrogens is 224 g/mol. The van der Waals surface area contributed by atoms with Crippen molar-refractivity contribution in [2.45, 2.75) is 6.92 Å². The molecule has 1 N–H and O–H groups in total. The molecule has 2 aromatic rings. The van der Waals surface area contributed by atoms with Gasteiger partial charge in [-0.1, -0.05) is 24.3 Å². The summed E-state index contributed by atoms with van der Waals surface area (Å²) in [4.78, 5) is 15.7. The average Bonchev–Trinajstić information content (AvgIpc) is 2.42. The summed E-state index contributed by atoms with van der Waals surface area (Å²) in [6, 6.07) is 13.2. The predicted molar refractivity (Wildman–Crippen MR) is 72.5 cm³/mol. The zero-order chi connectivity index (χ0) is 12.8. The van der Waals surface area contributed by atoms with E-state index >= 15 is 0 Å². The maximum atomic E-state index is 11.7. The quantitative estimate of drug-likeness (QED) is 0.657. The Kier molecular flexibility index (Phi) is 3.86. The fourth-order valence-corrected chi connectivity index (χ4v) is 1.54. The summed E-state index contributed by atoms with van der Waals surface area (Å²) in [6.07, 6.45) is 4.73. The molecule has 3 heteroatoms. The fraction of sp³-hybridized carbons (Fsp3) is 0.0667. The summed E-state index contributed by atoms with van der Waals surface area (Å²) >= 11 is 0. The van der Waals surface area contributed by atoms with Crippen LogP contribution in [0.15, 0.2) is 60.9 Å². The Morgan fingerprint density at radius 3 is 2.67 bits per heavy atom. The number of anilines is 1. The maximum Gasteiger partial charge on any atom is 0.205 e. The van der Waals surface area contributed by atoms with E-state index in [0.717, 1.165) is 11.3 Å². The Morgan fingerprint density at radius 2 is 1.94 bits per heavy atom. The van der Waals surface area contributed by atoms with Gasteiger partial charge in [-0.25, -0.2) is 0 Å². The number of rotatable bonds is 4. The molecule has 0 spiro atoms. The number of hydrogen-bond acceptors (Lipinski definition) is 3. The SMILES string of the molecule is Cc1ccccc1N/C=C\C(=O)c1ccccn1. The third-order valence-corrected chi connectivity index (χ3v) is 2.54. The van der Waals surface area contributed by atoms with E-state index in [1.807, 2.05) is 31.2 Å². The number of nitrogens with one attached hydrogen (secondary N) is 1. The number of benzene rings is 1. The van der Waals surface area contributed by atoms with Gasteiger partial charge < -0.3 is 5.32 Å². The zero-order valence-electron chi connectivity index (χ0n) is 10.1. The van der Waals surface area contributed by atoms with Crippen LogP contribution in [0.4, 0.5) is 5.69 Å². The summed E-state index contributed by atoms with van der Waals surface area (Å²) in [5.74, 6) is -0.114. The first-order valence-electron chi connectivity index (χ1n) is 5.71. The number of aromatic nitrogens is 1. The monoisotopic (exact) mass is 238 g/mol. The van der Waals surface area contributed by atoms with Crippen molar-refractivity contribution in [1.82, 2.24) is 4.98 Å². The number of ketones is 1. The van der Waals surface area contributed by atoms with Gasteiger partial charge in [0.05, 0.1) is 0 Å². The lowest BCUT2D eigenvalue weighted by Crippen LogP contribution is -1.99. The number of allylic oxidation sites excluding steroid dienone is 1. The van der Waals surface area contributed by atoms with Crippen molar-refractivity contribution in [1.29, 1.82) is 0 Å². The lowest BCUT2D eigenvalue weighted by molar-refractivity contribution is 0.104. The van der Waals surface area contributed by atoms with Crippen molar-refractivity contribution in [3.63, 3.8) is 0 Å². The Labute approximate surface area is 106 Å². The second-order valence-corrected chi connectivity index (χ2v) is 3.87. The van der Waals surface area contributed by atoms with E-state index in [-0.39, 0.29) is 5.78 Å². The summed E-state index contributed by atoms with van der Waals surface area (Å²) in [5, 5.41) is 3.08. The molecule has 0 aliphatic carbocycles. The Balaban J connectivity index is 2.01. The smallest absolute Gasteiger partial charge is 0.205 e. The lowest BCUT2D eigenvalue weighted by atomic mass is 10.2. The average molecular weight is 238 g/mol. The van der Waals surface area contributed by atoms with Crippen molar-refractivity contribution in [2.75, 3.05) is 5.32 Å². The van der Waals surface area contributed by atoms with Crippen molar-refractivity contribution in [3.8, 4) is 0 Å². The van der Waals surface area contributed by atoms with Gasteiger partial charge in [0.1, 0.15) is 5.69 Å². The molecule has 1 aromatic carbocycles. The van der Waals surface area contributed by atoms with Crippen LogP contribution in [0.25, 0.3) is 0 Å². The van der Waals surface area contributed by atoms with Gasteiger partial charge in [0.25, 0.3) is 0 Å². The van der Waals surface area contributed by atoms with Gasteiger partial charge in [0.2, 0.25) is 5.78 Å². The number of pyridine rings is 1. The summed E-state index contributed by atoms with van der Waals surface area (Å²) in [6.45, 7) is 2.01. The van der Waals surface area contributed by atoms with Gasteiger partial charge in [0.15, 0.2) is 0 Å². The molecule has 0 saturated carbocycles. The zero-order valence-corrected chi connectivity index (χ0v) is 10.1. The van der Waals surface area contributed by atoms with Crippen molar-refractivity contribution in [2.24, 2.45) is 0 Å². The molecule has 18 heavy (non-hydrogen) atoms. The highest BCUT2D eigenvalue weighted by Crippen LogP contribution is 2.12. The molecule has 1 heterocycles. The van der Waals surface area contributed by atoms with Crippen LogP contribution in [0.5, 0.6) is 0 Å². The van der Waals surface area contributed by atoms with E-state index < -0.39 is 0 Å². The van der Waals surface area contributed by atoms with Gasteiger partial charge in [-0.2, -0.15) is 0 Å². The topological polar surface area (TPSA) is 42.0 Å². The van der Waals surface area contributed by atoms with Crippen molar-refractivity contribution >= 4 is 11.5 Å². The molecule has 0 aliphatic rings. The van der Waals surface area contributed by atoms with E-state index in [0.29, 0.717) is 5.69 Å². The standard InChI is InChI=1S/C15H14N2O/c1-12-6-2-3-7-13(12)17-11-9-15(18)14-8-4-5-10-16-14/h2-11,17H,1H3/b11-9-. The molecule has 0 radical (unpaired) electrons. The van der Waals surface area contributed by atoms with Gasteiger partial charge in [-0.3, -0.25) is 9.78 Å². The first kappa shape index (κ1) is 12.0. The van der Waals surface area contributed by atoms with E-state index in [1.165, 1.54) is 6.08 Å². The molecule has 1 aromatic heterocycles. The van der Waals surface area contributed by atoms with E-state index in [9.17, 15) is 4.79 Å². The highest BCUT2D eigenvalue weighted by atomic mass is 16.1. The highest BCUT2D eigenvalue weighted by molar-refractivity contribution is 6.03. The Morgan fingerprint density at radius 1 is 1.17 bits per heavy atom. The molecule has 0 amide bonds. The minimum absolute atomic E-state index is 0.114. The van der Waals surface area contributed by atoms with E-state index in [1.54, 1.807) is 30.6 Å². The van der Waals surface area contributed by atoms with Gasteiger partial charge >= 0.3 is 0 Å². The molecule has 2 rings (SSSR count). The lowest BCUT2D eigenvalue weighted by Gasteiger charge is -2.03. The van der Waals surface area contributed by atoms with Crippen LogP contribution < -0.4 is 5.32 Å². The minimum atomic E-state index is -0.114. The third kappa shape index (κ3) is 3.04. The number of hydrogen-bond donors (Lipinski definition) is 1. The Hall–Kier alpha value is -2.42. The molecule has 0 unspecified atom stereocenters. The number of carbonyl (C=O) groups is 1. The molecule has 3 nitrogen and oxygen atoms in total. The minimum Gasteiger partial charge on any atom is -0.361 e. The van der Waals surface area contributed by atoms with Crippen LogP contribution in [0.1, 0.15) is 16.1 Å². The number of para-hydroxylation sites is 1. The number of carbonyl (C=O) groups excluding carboxylic acids is 1. The van der Waals surface area contributed by atoms with Gasteiger partial charge in [-0.05, 0) is 30.7 Å². The normalized spacial score (nSPS) is 10.5. The molecule has 0 bridgehead atoms. The van der Waals surface area contributed by atoms with Crippen LogP contribution in [0.2, 0.25) is 0 Å². The summed E-state index contributed by atoms with van der Waals surface area (Å²) in [5.41, 5.74) is 2.57. The first-order valence-corrected chi connectivity index (χ1v) is 5.71. The van der Waals surface area contributed by atoms with E-state index in [2.05, 4.69) is 10.3 Å². The summed E-state index contributed by atoms with van der Waals surface area (Å²) in [7, 11) is 0. The molecule has 0 atom stereocenters. The molecule has 0 saturated heterocycles. The third-order valence-electron chi connectivity index (χ3n) is 2.54. The van der Waals surface area contributed by atoms with Crippen LogP contribution >= 0.6 is 0 Å². The van der Waals surface area contributed by atoms with E-state index in [4.69, 9.17) is 0 Å².